The minimum atomic E-state index is -3.37. The van der Waals surface area contributed by atoms with Gasteiger partial charge in [0.05, 0.1) is 10.6 Å². The second-order valence-electron chi connectivity index (χ2n) is 8.76. The average molecular weight is 415 g/mol. The largest absolute Gasteiger partial charge is 0.399 e. The summed E-state index contributed by atoms with van der Waals surface area (Å²) in [5, 5.41) is 0. The number of hydrogen-bond donors (Lipinski definition) is 1. The van der Waals surface area contributed by atoms with Crippen LogP contribution in [0.25, 0.3) is 0 Å². The summed E-state index contributed by atoms with van der Waals surface area (Å²) in [7, 11) is 0.600. The first-order valence-corrected chi connectivity index (χ1v) is 12.3. The summed E-state index contributed by atoms with van der Waals surface area (Å²) >= 11 is 0. The average Bonchev–Trinajstić information content (AvgIpc) is 2.78. The minimum Gasteiger partial charge on any atom is -0.399 e. The van der Waals surface area contributed by atoms with Crippen molar-refractivity contribution in [1.82, 2.24) is 0 Å². The minimum absolute atomic E-state index is 0.0162. The van der Waals surface area contributed by atoms with Gasteiger partial charge < -0.3 is 10.6 Å². The van der Waals surface area contributed by atoms with Crippen LogP contribution in [0.4, 0.5) is 11.4 Å². The molecule has 0 aliphatic carbocycles. The van der Waals surface area contributed by atoms with Crippen molar-refractivity contribution < 1.29 is 8.42 Å². The van der Waals surface area contributed by atoms with Crippen LogP contribution in [0, 0.1) is 5.41 Å². The highest BCUT2D eigenvalue weighted by atomic mass is 32.2. The van der Waals surface area contributed by atoms with E-state index >= 15 is 0 Å². The lowest BCUT2D eigenvalue weighted by atomic mass is 9.71. The molecule has 1 aliphatic heterocycles. The van der Waals surface area contributed by atoms with Crippen molar-refractivity contribution in [3.63, 3.8) is 0 Å². The van der Waals surface area contributed by atoms with Gasteiger partial charge in [0, 0.05) is 31.4 Å². The fourth-order valence-electron chi connectivity index (χ4n) is 4.67. The maximum absolute atomic E-state index is 13.5. The van der Waals surface area contributed by atoms with Crippen LogP contribution in [0.5, 0.6) is 0 Å². The fourth-order valence-corrected chi connectivity index (χ4v) is 6.94. The molecule has 0 radical (unpaired) electrons. The molecule has 158 valence electrons. The molecule has 0 fully saturated rings. The second-order valence-corrected chi connectivity index (χ2v) is 10.7. The van der Waals surface area contributed by atoms with E-state index in [0.29, 0.717) is 4.90 Å². The zero-order valence-electron chi connectivity index (χ0n) is 18.1. The highest BCUT2D eigenvalue weighted by molar-refractivity contribution is 7.91. The Kier molecular flexibility index (Phi) is 6.27. The molecule has 2 atom stereocenters. The van der Waals surface area contributed by atoms with Crippen LogP contribution in [0.3, 0.4) is 0 Å². The van der Waals surface area contributed by atoms with E-state index in [1.807, 2.05) is 49.3 Å². The van der Waals surface area contributed by atoms with Crippen molar-refractivity contribution >= 4 is 21.2 Å². The summed E-state index contributed by atoms with van der Waals surface area (Å²) in [6.45, 7) is 4.31. The van der Waals surface area contributed by atoms with E-state index in [9.17, 15) is 8.42 Å². The number of anilines is 2. The van der Waals surface area contributed by atoms with Gasteiger partial charge >= 0.3 is 0 Å². The number of benzene rings is 2. The molecule has 0 bridgehead atoms. The molecular formula is C24H34N2O2S. The van der Waals surface area contributed by atoms with Gasteiger partial charge in [-0.15, -0.1) is 0 Å². The summed E-state index contributed by atoms with van der Waals surface area (Å²) < 4.78 is 27.0. The maximum Gasteiger partial charge on any atom is 0.179 e. The van der Waals surface area contributed by atoms with Gasteiger partial charge in [-0.05, 0) is 66.1 Å². The van der Waals surface area contributed by atoms with E-state index in [1.165, 1.54) is 0 Å². The molecule has 0 saturated carbocycles. The number of sulfone groups is 1. The van der Waals surface area contributed by atoms with Crippen LogP contribution in [0.2, 0.25) is 0 Å². The summed E-state index contributed by atoms with van der Waals surface area (Å²) in [6.07, 6.45) is 4.75. The number of hydrogen-bond acceptors (Lipinski definition) is 4. The van der Waals surface area contributed by atoms with Crippen molar-refractivity contribution in [3.05, 3.63) is 53.6 Å². The molecule has 0 aromatic heterocycles. The van der Waals surface area contributed by atoms with Gasteiger partial charge in [0.1, 0.15) is 0 Å². The van der Waals surface area contributed by atoms with E-state index in [4.69, 9.17) is 5.73 Å². The number of rotatable bonds is 6. The van der Waals surface area contributed by atoms with E-state index in [-0.39, 0.29) is 17.1 Å². The summed E-state index contributed by atoms with van der Waals surface area (Å²) in [4.78, 5) is 2.51. The van der Waals surface area contributed by atoms with Gasteiger partial charge in [0.15, 0.2) is 9.84 Å². The molecule has 5 heteroatoms. The normalized spacial score (nSPS) is 23.2. The second kappa shape index (κ2) is 8.39. The Morgan fingerprint density at radius 1 is 1.14 bits per heavy atom. The molecule has 2 N–H and O–H groups in total. The predicted octanol–water partition coefficient (Wildman–Crippen LogP) is 5.23. The quantitative estimate of drug-likeness (QED) is 0.657. The zero-order chi connectivity index (χ0) is 21.2. The molecular weight excluding hydrogens is 380 g/mol. The van der Waals surface area contributed by atoms with Gasteiger partial charge in [0.2, 0.25) is 0 Å². The monoisotopic (exact) mass is 414 g/mol. The Bertz CT molecular complexity index is 969. The smallest absolute Gasteiger partial charge is 0.179 e. The van der Waals surface area contributed by atoms with Crippen LogP contribution >= 0.6 is 0 Å². The lowest BCUT2D eigenvalue weighted by Crippen LogP contribution is -2.29. The number of nitrogens with two attached hydrogens (primary N) is 1. The van der Waals surface area contributed by atoms with E-state index in [1.54, 1.807) is 0 Å². The number of nitrogen functional groups attached to an aromatic ring is 1. The molecule has 0 amide bonds. The van der Waals surface area contributed by atoms with Crippen molar-refractivity contribution in [2.75, 3.05) is 30.5 Å². The van der Waals surface area contributed by atoms with Crippen LogP contribution in [0.15, 0.2) is 47.4 Å². The molecule has 0 unspecified atom stereocenters. The molecule has 4 nitrogen and oxygen atoms in total. The van der Waals surface area contributed by atoms with Gasteiger partial charge in [-0.3, -0.25) is 0 Å². The molecule has 2 aromatic rings. The Balaban J connectivity index is 2.25. The first-order chi connectivity index (χ1) is 13.7. The van der Waals surface area contributed by atoms with Crippen molar-refractivity contribution in [2.45, 2.75) is 56.8 Å². The topological polar surface area (TPSA) is 63.4 Å². The SMILES string of the molecule is CCCC[C@]1(CC)C[C@H](c2cccc(N)c2)c2cc(N(C)C)ccc2S(=O)(=O)C1. The molecule has 0 spiro atoms. The predicted molar refractivity (Wildman–Crippen MR) is 122 cm³/mol. The summed E-state index contributed by atoms with van der Waals surface area (Å²) in [5.74, 6) is 0.242. The third kappa shape index (κ3) is 4.45. The van der Waals surface area contributed by atoms with Crippen LogP contribution in [0.1, 0.15) is 63.0 Å². The number of fused-ring (bicyclic) bond motifs is 1. The van der Waals surface area contributed by atoms with E-state index in [2.05, 4.69) is 26.0 Å². The molecule has 0 saturated heterocycles. The van der Waals surface area contributed by atoms with Crippen LogP contribution < -0.4 is 10.6 Å². The highest BCUT2D eigenvalue weighted by Crippen LogP contribution is 2.49. The van der Waals surface area contributed by atoms with Gasteiger partial charge in [-0.1, -0.05) is 38.8 Å². The van der Waals surface area contributed by atoms with Crippen molar-refractivity contribution in [3.8, 4) is 0 Å². The van der Waals surface area contributed by atoms with Crippen LogP contribution in [-0.2, 0) is 9.84 Å². The lowest BCUT2D eigenvalue weighted by Gasteiger charge is -2.34. The fraction of sp³-hybridized carbons (Fsp3) is 0.500. The molecule has 29 heavy (non-hydrogen) atoms. The summed E-state index contributed by atoms with van der Waals surface area (Å²) in [5.41, 5.74) is 9.64. The van der Waals surface area contributed by atoms with Crippen molar-refractivity contribution in [2.24, 2.45) is 5.41 Å². The first-order valence-electron chi connectivity index (χ1n) is 10.6. The van der Waals surface area contributed by atoms with E-state index < -0.39 is 9.84 Å². The zero-order valence-corrected chi connectivity index (χ0v) is 18.9. The number of nitrogens with zero attached hydrogens (tertiary/aromatic N) is 1. The highest BCUT2D eigenvalue weighted by Gasteiger charge is 2.42. The van der Waals surface area contributed by atoms with Gasteiger partial charge in [-0.2, -0.15) is 0 Å². The molecule has 1 heterocycles. The van der Waals surface area contributed by atoms with Gasteiger partial charge in [0.25, 0.3) is 0 Å². The third-order valence-electron chi connectivity index (χ3n) is 6.48. The first kappa shape index (κ1) is 21.7. The maximum atomic E-state index is 13.5. The molecule has 1 aliphatic rings. The standard InChI is InChI=1S/C24H34N2O2S/c1-5-7-13-24(6-2)16-22(18-9-8-10-19(25)14-18)21-15-20(26(3)4)11-12-23(21)29(27,28)17-24/h8-12,14-15,22H,5-7,13,16-17,25H2,1-4H3/t22-,24-/m1/s1. The Labute approximate surface area is 176 Å². The van der Waals surface area contributed by atoms with Crippen LogP contribution in [-0.4, -0.2) is 28.3 Å². The van der Waals surface area contributed by atoms with Gasteiger partial charge in [-0.25, -0.2) is 8.42 Å². The Morgan fingerprint density at radius 2 is 1.90 bits per heavy atom. The summed E-state index contributed by atoms with van der Waals surface area (Å²) in [6, 6.07) is 13.7. The number of unbranched alkanes of at least 4 members (excludes halogenated alkanes) is 1. The molecule has 2 aromatic carbocycles. The molecule has 3 rings (SSSR count). The Hall–Kier alpha value is -2.01. The van der Waals surface area contributed by atoms with E-state index in [0.717, 1.165) is 54.6 Å². The lowest BCUT2D eigenvalue weighted by molar-refractivity contribution is 0.247. The van der Waals surface area contributed by atoms with Crippen molar-refractivity contribution in [1.29, 1.82) is 0 Å². The Morgan fingerprint density at radius 3 is 2.52 bits per heavy atom. The third-order valence-corrected chi connectivity index (χ3v) is 8.51.